The third-order valence-corrected chi connectivity index (χ3v) is 12.7. The zero-order valence-corrected chi connectivity index (χ0v) is 36.3. The van der Waals surface area contributed by atoms with Crippen molar-refractivity contribution in [1.29, 1.82) is 0 Å². The quantitative estimate of drug-likeness (QED) is 0.0968. The molecule has 4 aliphatic rings. The molecule has 17 heteroatoms. The smallest absolute Gasteiger partial charge is 0.246 e. The predicted octanol–water partition coefficient (Wildman–Crippen LogP) is 1.07. The monoisotopic (exact) mass is 868 g/mol. The summed E-state index contributed by atoms with van der Waals surface area (Å²) in [7, 11) is 0. The molecule has 3 aliphatic heterocycles. The van der Waals surface area contributed by atoms with E-state index in [1.54, 1.807) is 0 Å². The first-order valence-corrected chi connectivity index (χ1v) is 22.6. The van der Waals surface area contributed by atoms with Gasteiger partial charge in [-0.2, -0.15) is 0 Å². The molecule has 7 amide bonds. The molecule has 0 spiro atoms. The number of fused-ring (bicyclic) bond motifs is 3. The van der Waals surface area contributed by atoms with Crippen molar-refractivity contribution in [2.45, 2.75) is 140 Å². The molecule has 63 heavy (non-hydrogen) atoms. The SMILES string of the molecule is CC(=O)N[C@@H](Cc1ccccc1)C(=O)N[C@H]1CCCNC(=O)[C@H](CCCN=C(N)N)NC(=O)[C@@H]2Cc3ccccc3CN2C(=O)[C@H](CC2CCCCC2)NC(=O)[C@@H]2CCCN2C1=O. The highest BCUT2D eigenvalue weighted by atomic mass is 16.2. The van der Waals surface area contributed by atoms with Crippen LogP contribution in [0.15, 0.2) is 59.6 Å². The third kappa shape index (κ3) is 12.8. The van der Waals surface area contributed by atoms with Gasteiger partial charge in [0.05, 0.1) is 0 Å². The summed E-state index contributed by atoms with van der Waals surface area (Å²) in [6.45, 7) is 2.01. The summed E-state index contributed by atoms with van der Waals surface area (Å²) in [6.07, 6.45) is 7.47. The van der Waals surface area contributed by atoms with Crippen LogP contribution in [-0.2, 0) is 52.9 Å². The molecule has 0 bridgehead atoms. The fourth-order valence-electron chi connectivity index (χ4n) is 9.45. The highest BCUT2D eigenvalue weighted by molar-refractivity contribution is 5.97. The van der Waals surface area contributed by atoms with E-state index in [9.17, 15) is 28.8 Å². The second-order valence-electron chi connectivity index (χ2n) is 17.4. The van der Waals surface area contributed by atoms with Gasteiger partial charge in [0.1, 0.15) is 36.3 Å². The molecule has 0 unspecified atom stereocenters. The molecular weight excluding hydrogens is 805 g/mol. The maximum Gasteiger partial charge on any atom is 0.246 e. The Morgan fingerprint density at radius 3 is 2.21 bits per heavy atom. The predicted molar refractivity (Wildman–Crippen MR) is 236 cm³/mol. The number of hydrogen-bond donors (Lipinski definition) is 7. The van der Waals surface area contributed by atoms with Crippen molar-refractivity contribution < 1.29 is 33.6 Å². The first-order valence-electron chi connectivity index (χ1n) is 22.6. The first kappa shape index (κ1) is 46.5. The van der Waals surface area contributed by atoms with Crippen LogP contribution in [0, 0.1) is 5.92 Å². The van der Waals surface area contributed by atoms with E-state index in [0.29, 0.717) is 25.7 Å². The van der Waals surface area contributed by atoms with E-state index in [4.69, 9.17) is 11.5 Å². The maximum absolute atomic E-state index is 15.0. The molecule has 340 valence electrons. The van der Waals surface area contributed by atoms with Crippen LogP contribution in [0.3, 0.4) is 0 Å². The summed E-state index contributed by atoms with van der Waals surface area (Å²) in [4.78, 5) is 106. The molecule has 2 aromatic rings. The van der Waals surface area contributed by atoms with Crippen LogP contribution in [0.4, 0.5) is 0 Å². The minimum Gasteiger partial charge on any atom is -0.370 e. The minimum atomic E-state index is -1.11. The highest BCUT2D eigenvalue weighted by Crippen LogP contribution is 2.31. The van der Waals surface area contributed by atoms with Crippen LogP contribution < -0.4 is 38.1 Å². The van der Waals surface area contributed by atoms with Gasteiger partial charge in [-0.1, -0.05) is 86.7 Å². The number of aliphatic imine (C=N–C) groups is 1. The van der Waals surface area contributed by atoms with Crippen molar-refractivity contribution in [2.24, 2.45) is 22.4 Å². The second kappa shape index (κ2) is 22.4. The first-order chi connectivity index (χ1) is 30.4. The molecule has 3 heterocycles. The number of hydrogen-bond acceptors (Lipinski definition) is 8. The summed E-state index contributed by atoms with van der Waals surface area (Å²) >= 11 is 0. The summed E-state index contributed by atoms with van der Waals surface area (Å²) < 4.78 is 0. The van der Waals surface area contributed by atoms with Gasteiger partial charge in [-0.15, -0.1) is 0 Å². The number of benzene rings is 2. The Labute approximate surface area is 369 Å². The molecule has 1 aliphatic carbocycles. The molecule has 0 aromatic heterocycles. The Hall–Kier alpha value is -6.00. The number of carbonyl (C=O) groups is 7. The van der Waals surface area contributed by atoms with Crippen LogP contribution in [0.2, 0.25) is 0 Å². The van der Waals surface area contributed by atoms with Crippen LogP contribution in [0.5, 0.6) is 0 Å². The van der Waals surface area contributed by atoms with Crippen LogP contribution in [-0.4, -0.2) is 113 Å². The van der Waals surface area contributed by atoms with Crippen molar-refractivity contribution in [2.75, 3.05) is 19.6 Å². The number of rotatable bonds is 11. The third-order valence-electron chi connectivity index (χ3n) is 12.7. The summed E-state index contributed by atoms with van der Waals surface area (Å²) in [5.74, 6) is -3.22. The van der Waals surface area contributed by atoms with Crippen LogP contribution >= 0.6 is 0 Å². The molecule has 0 radical (unpaired) electrons. The van der Waals surface area contributed by atoms with Gasteiger partial charge in [-0.05, 0) is 67.6 Å². The molecule has 6 rings (SSSR count). The van der Waals surface area contributed by atoms with E-state index in [-0.39, 0.29) is 70.2 Å². The van der Waals surface area contributed by atoms with Crippen LogP contribution in [0.25, 0.3) is 0 Å². The van der Waals surface area contributed by atoms with Crippen molar-refractivity contribution in [3.8, 4) is 0 Å². The Kier molecular flexibility index (Phi) is 16.5. The highest BCUT2D eigenvalue weighted by Gasteiger charge is 2.43. The zero-order valence-electron chi connectivity index (χ0n) is 36.3. The average molecular weight is 869 g/mol. The van der Waals surface area contributed by atoms with Crippen molar-refractivity contribution in [1.82, 2.24) is 36.4 Å². The molecule has 6 atom stereocenters. The molecule has 3 fully saturated rings. The number of carbonyl (C=O) groups excluding carboxylic acids is 7. The Morgan fingerprint density at radius 1 is 0.778 bits per heavy atom. The van der Waals surface area contributed by atoms with Gasteiger partial charge >= 0.3 is 0 Å². The van der Waals surface area contributed by atoms with Gasteiger partial charge in [0.2, 0.25) is 41.4 Å². The normalized spacial score (nSPS) is 24.5. The lowest BCUT2D eigenvalue weighted by molar-refractivity contribution is -0.147. The van der Waals surface area contributed by atoms with Crippen molar-refractivity contribution in [3.05, 3.63) is 71.3 Å². The average Bonchev–Trinajstić information content (AvgIpc) is 3.77. The molecular formula is C46H64N10O7. The second-order valence-corrected chi connectivity index (χ2v) is 17.4. The van der Waals surface area contributed by atoms with E-state index in [1.165, 1.54) is 16.7 Å². The van der Waals surface area contributed by atoms with Gasteiger partial charge in [0, 0.05) is 45.9 Å². The number of nitrogens with zero attached hydrogens (tertiary/aromatic N) is 3. The number of guanidine groups is 1. The van der Waals surface area contributed by atoms with E-state index < -0.39 is 77.6 Å². The summed E-state index contributed by atoms with van der Waals surface area (Å²) in [5, 5.41) is 14.5. The summed E-state index contributed by atoms with van der Waals surface area (Å²) in [6, 6.07) is 10.8. The lowest BCUT2D eigenvalue weighted by Crippen LogP contribution is -2.61. The standard InChI is InChI=1S/C46H64N10O7/c1-29(57)51-36(25-30-13-4-2-5-14-30)41(59)53-35-20-11-22-49-40(58)34(19-10-23-50-46(47)48)52-43(61)39-27-32-17-8-9-18-33(32)28-56(39)45(63)37(26-31-15-6-3-7-16-31)54-42(60)38-21-12-24-55(38)44(35)62/h2,4-5,8-9,13-14,17-18,31,34-39H,3,6-7,10-12,15-16,19-28H2,1H3,(H,49,58)(H,51,57)(H,52,61)(H,53,59)(H,54,60)(H4,47,48,50)/t34-,35-,36-,37-,38-,39-/m0/s1. The largest absolute Gasteiger partial charge is 0.370 e. The van der Waals surface area contributed by atoms with Gasteiger partial charge in [-0.3, -0.25) is 38.6 Å². The zero-order chi connectivity index (χ0) is 44.9. The van der Waals surface area contributed by atoms with E-state index in [1.807, 2.05) is 54.6 Å². The lowest BCUT2D eigenvalue weighted by atomic mass is 9.84. The Morgan fingerprint density at radius 2 is 1.48 bits per heavy atom. The fraction of sp³-hybridized carbons (Fsp3) is 0.565. The van der Waals surface area contributed by atoms with Gasteiger partial charge in [-0.25, -0.2) is 0 Å². The molecule has 2 saturated heterocycles. The lowest BCUT2D eigenvalue weighted by Gasteiger charge is -2.39. The van der Waals surface area contributed by atoms with Crippen LogP contribution in [0.1, 0.15) is 101 Å². The molecule has 9 N–H and O–H groups in total. The van der Waals surface area contributed by atoms with E-state index in [2.05, 4.69) is 31.6 Å². The molecule has 2 aromatic carbocycles. The minimum absolute atomic E-state index is 0.0894. The Balaban J connectivity index is 1.33. The van der Waals surface area contributed by atoms with Gasteiger partial charge in [0.25, 0.3) is 0 Å². The number of nitrogens with one attached hydrogen (secondary N) is 5. The van der Waals surface area contributed by atoms with E-state index >= 15 is 4.79 Å². The van der Waals surface area contributed by atoms with Gasteiger partial charge < -0.3 is 47.9 Å². The van der Waals surface area contributed by atoms with Gasteiger partial charge in [0.15, 0.2) is 5.96 Å². The van der Waals surface area contributed by atoms with E-state index in [0.717, 1.165) is 48.8 Å². The van der Waals surface area contributed by atoms with Crippen molar-refractivity contribution in [3.63, 3.8) is 0 Å². The fourth-order valence-corrected chi connectivity index (χ4v) is 9.45. The molecule has 1 saturated carbocycles. The number of amides is 7. The Bertz CT molecular complexity index is 1990. The topological polar surface area (TPSA) is 251 Å². The molecule has 17 nitrogen and oxygen atoms in total. The maximum atomic E-state index is 15.0. The van der Waals surface area contributed by atoms with Crippen molar-refractivity contribution >= 4 is 47.3 Å². The number of nitrogens with two attached hydrogens (primary N) is 2. The summed E-state index contributed by atoms with van der Waals surface area (Å²) in [5.41, 5.74) is 13.7.